The predicted octanol–water partition coefficient (Wildman–Crippen LogP) is 4.04. The fourth-order valence-corrected chi connectivity index (χ4v) is 2.87. The van der Waals surface area contributed by atoms with Gasteiger partial charge in [0.05, 0.1) is 12.0 Å². The number of halogens is 2. The maximum atomic E-state index is 14.2. The van der Waals surface area contributed by atoms with Gasteiger partial charge in [0.2, 0.25) is 9.84 Å². The summed E-state index contributed by atoms with van der Waals surface area (Å²) in [6, 6.07) is 11.0. The van der Waals surface area contributed by atoms with Crippen LogP contribution in [0.3, 0.4) is 0 Å². The lowest BCUT2D eigenvalue weighted by Gasteiger charge is -2.06. The second kappa shape index (κ2) is 6.27. The minimum atomic E-state index is -4.53. The second-order valence-corrected chi connectivity index (χ2v) is 6.47. The molecule has 0 atom stereocenters. The molecule has 0 spiro atoms. The summed E-state index contributed by atoms with van der Waals surface area (Å²) in [5, 5.41) is -1.82. The van der Waals surface area contributed by atoms with Crippen LogP contribution >= 0.6 is 0 Å². The Morgan fingerprint density at radius 1 is 1.05 bits per heavy atom. The largest absolute Gasteiger partial charge is 0.497 e. The van der Waals surface area contributed by atoms with Gasteiger partial charge in [0.1, 0.15) is 5.75 Å². The highest BCUT2D eigenvalue weighted by atomic mass is 32.2. The van der Waals surface area contributed by atoms with Crippen molar-refractivity contribution in [2.75, 3.05) is 7.11 Å². The molecule has 6 heteroatoms. The van der Waals surface area contributed by atoms with Crippen molar-refractivity contribution in [1.82, 2.24) is 0 Å². The molecule has 0 radical (unpaired) electrons. The average molecular weight is 324 g/mol. The van der Waals surface area contributed by atoms with E-state index >= 15 is 0 Å². The van der Waals surface area contributed by atoms with Gasteiger partial charge in [-0.25, -0.2) is 12.8 Å². The molecule has 0 aliphatic rings. The van der Waals surface area contributed by atoms with Gasteiger partial charge in [0, 0.05) is 5.56 Å². The quantitative estimate of drug-likeness (QED) is 0.852. The first kappa shape index (κ1) is 16.2. The Balaban J connectivity index is 2.51. The third-order valence-corrected chi connectivity index (χ3v) is 4.61. The molecular weight excluding hydrogens is 310 g/mol. The van der Waals surface area contributed by atoms with Crippen LogP contribution in [0.1, 0.15) is 11.1 Å². The van der Waals surface area contributed by atoms with E-state index in [2.05, 4.69) is 0 Å². The number of hydrogen-bond acceptors (Lipinski definition) is 3. The molecule has 0 N–H and O–H groups in total. The molecule has 0 saturated carbocycles. The molecule has 0 aliphatic carbocycles. The lowest BCUT2D eigenvalue weighted by Crippen LogP contribution is -2.03. The highest BCUT2D eigenvalue weighted by Crippen LogP contribution is 2.31. The van der Waals surface area contributed by atoms with Gasteiger partial charge >= 0.3 is 0 Å². The van der Waals surface area contributed by atoms with Crippen molar-refractivity contribution in [3.63, 3.8) is 0 Å². The molecule has 0 aromatic heterocycles. The lowest BCUT2D eigenvalue weighted by molar-refractivity contribution is 0.414. The van der Waals surface area contributed by atoms with E-state index in [1.165, 1.54) is 49.6 Å². The van der Waals surface area contributed by atoms with E-state index < -0.39 is 20.8 Å². The molecule has 0 bridgehead atoms. The summed E-state index contributed by atoms with van der Waals surface area (Å²) in [5.41, 5.74) is 0.615. The Morgan fingerprint density at radius 3 is 2.27 bits per heavy atom. The first-order valence-electron chi connectivity index (χ1n) is 6.37. The third-order valence-electron chi connectivity index (χ3n) is 3.06. The first-order chi connectivity index (χ1) is 10.4. The summed E-state index contributed by atoms with van der Waals surface area (Å²) in [6.45, 7) is 1.76. The van der Waals surface area contributed by atoms with E-state index in [-0.39, 0.29) is 10.5 Å². The van der Waals surface area contributed by atoms with Crippen molar-refractivity contribution in [2.24, 2.45) is 0 Å². The fourth-order valence-electron chi connectivity index (χ4n) is 1.81. The van der Waals surface area contributed by atoms with E-state index in [1.54, 1.807) is 13.0 Å². The zero-order valence-electron chi connectivity index (χ0n) is 12.0. The van der Waals surface area contributed by atoms with Crippen LogP contribution in [0.2, 0.25) is 0 Å². The fraction of sp³-hybridized carbons (Fsp3) is 0.125. The minimum Gasteiger partial charge on any atom is -0.497 e. The second-order valence-electron chi connectivity index (χ2n) is 4.64. The molecule has 0 unspecified atom stereocenters. The SMILES string of the molecule is COc1cccc(/C(F)=C(\F)S(=O)(=O)c2ccc(C)cc2)c1. The molecule has 0 heterocycles. The maximum Gasteiger partial charge on any atom is 0.255 e. The summed E-state index contributed by atoms with van der Waals surface area (Å²) in [4.78, 5) is -0.298. The van der Waals surface area contributed by atoms with Crippen molar-refractivity contribution < 1.29 is 21.9 Å². The molecule has 0 aliphatic heterocycles. The summed E-state index contributed by atoms with van der Waals surface area (Å²) in [5.74, 6) is -1.15. The van der Waals surface area contributed by atoms with Gasteiger partial charge in [-0.2, -0.15) is 4.39 Å². The van der Waals surface area contributed by atoms with Crippen LogP contribution in [-0.4, -0.2) is 15.5 Å². The minimum absolute atomic E-state index is 0.201. The van der Waals surface area contributed by atoms with E-state index in [0.717, 1.165) is 5.56 Å². The van der Waals surface area contributed by atoms with Crippen LogP contribution in [0.5, 0.6) is 5.75 Å². The van der Waals surface area contributed by atoms with Gasteiger partial charge in [-0.1, -0.05) is 29.8 Å². The molecular formula is C16H14F2O3S. The van der Waals surface area contributed by atoms with Crippen molar-refractivity contribution in [2.45, 2.75) is 11.8 Å². The summed E-state index contributed by atoms with van der Waals surface area (Å²) in [7, 11) is -3.15. The van der Waals surface area contributed by atoms with Gasteiger partial charge < -0.3 is 4.74 Å². The summed E-state index contributed by atoms with van der Waals surface area (Å²) >= 11 is 0. The van der Waals surface area contributed by atoms with Crippen LogP contribution in [0.4, 0.5) is 8.78 Å². The maximum absolute atomic E-state index is 14.2. The standard InChI is InChI=1S/C16H14F2O3S/c1-11-6-8-14(9-7-11)22(19,20)16(18)15(17)12-4-3-5-13(10-12)21-2/h3-10H,1-2H3/b16-15-. The number of hydrogen-bond donors (Lipinski definition) is 0. The number of rotatable bonds is 4. The van der Waals surface area contributed by atoms with Crippen LogP contribution < -0.4 is 4.74 Å². The summed E-state index contributed by atoms with van der Waals surface area (Å²) < 4.78 is 57.5. The van der Waals surface area contributed by atoms with Crippen LogP contribution in [0.25, 0.3) is 5.83 Å². The van der Waals surface area contributed by atoms with Crippen LogP contribution in [0.15, 0.2) is 58.6 Å². The lowest BCUT2D eigenvalue weighted by atomic mass is 10.2. The van der Waals surface area contributed by atoms with Crippen LogP contribution in [-0.2, 0) is 9.84 Å². The molecule has 2 aromatic carbocycles. The first-order valence-corrected chi connectivity index (χ1v) is 7.86. The Kier molecular flexibility index (Phi) is 4.61. The third kappa shape index (κ3) is 3.17. The monoisotopic (exact) mass is 324 g/mol. The van der Waals surface area contributed by atoms with Crippen molar-refractivity contribution in [3.05, 3.63) is 64.8 Å². The van der Waals surface area contributed by atoms with E-state index in [1.807, 2.05) is 0 Å². The molecule has 22 heavy (non-hydrogen) atoms. The van der Waals surface area contributed by atoms with Crippen molar-refractivity contribution in [1.29, 1.82) is 0 Å². The zero-order chi connectivity index (χ0) is 16.3. The number of sulfone groups is 1. The molecule has 0 fully saturated rings. The predicted molar refractivity (Wildman–Crippen MR) is 80.5 cm³/mol. The normalized spacial score (nSPS) is 12.7. The van der Waals surface area contributed by atoms with Crippen molar-refractivity contribution >= 4 is 15.7 Å². The molecule has 0 saturated heterocycles. The van der Waals surface area contributed by atoms with Gasteiger partial charge in [-0.3, -0.25) is 0 Å². The van der Waals surface area contributed by atoms with Gasteiger partial charge in [0.25, 0.3) is 5.16 Å². The van der Waals surface area contributed by atoms with E-state index in [0.29, 0.717) is 5.75 Å². The van der Waals surface area contributed by atoms with E-state index in [4.69, 9.17) is 4.74 Å². The Labute approximate surface area is 127 Å². The molecule has 0 amide bonds. The van der Waals surface area contributed by atoms with Crippen LogP contribution in [0, 0.1) is 6.92 Å². The van der Waals surface area contributed by atoms with Gasteiger partial charge in [-0.15, -0.1) is 0 Å². The zero-order valence-corrected chi connectivity index (χ0v) is 12.8. The highest BCUT2D eigenvalue weighted by molar-refractivity contribution is 7.95. The highest BCUT2D eigenvalue weighted by Gasteiger charge is 2.26. The van der Waals surface area contributed by atoms with Gasteiger partial charge in [-0.05, 0) is 31.2 Å². The molecule has 2 rings (SSSR count). The molecule has 116 valence electrons. The topological polar surface area (TPSA) is 43.4 Å². The molecule has 3 nitrogen and oxygen atoms in total. The van der Waals surface area contributed by atoms with Gasteiger partial charge in [0.15, 0.2) is 5.83 Å². The number of ether oxygens (including phenoxy) is 1. The Hall–Kier alpha value is -2.21. The Bertz CT molecular complexity index is 810. The smallest absolute Gasteiger partial charge is 0.255 e. The summed E-state index contributed by atoms with van der Waals surface area (Å²) in [6.07, 6.45) is 0. The average Bonchev–Trinajstić information content (AvgIpc) is 2.53. The number of benzene rings is 2. The Morgan fingerprint density at radius 2 is 1.68 bits per heavy atom. The van der Waals surface area contributed by atoms with E-state index in [9.17, 15) is 17.2 Å². The van der Waals surface area contributed by atoms with Crippen molar-refractivity contribution in [3.8, 4) is 5.75 Å². The number of methoxy groups -OCH3 is 1. The number of aryl methyl sites for hydroxylation is 1. The molecule has 2 aromatic rings.